The zero-order valence-electron chi connectivity index (χ0n) is 13.9. The minimum atomic E-state index is -0.963. The van der Waals surface area contributed by atoms with E-state index >= 15 is 0 Å². The molecule has 0 spiro atoms. The van der Waals surface area contributed by atoms with Crippen LogP contribution >= 0.6 is 0 Å². The molecule has 0 fully saturated rings. The first-order valence-electron chi connectivity index (χ1n) is 7.47. The molecule has 0 atom stereocenters. The van der Waals surface area contributed by atoms with Crippen LogP contribution in [0.2, 0.25) is 0 Å². The summed E-state index contributed by atoms with van der Waals surface area (Å²) in [6.45, 7) is 5.14. The number of anilines is 2. The van der Waals surface area contributed by atoms with Crippen LogP contribution < -0.4 is 10.4 Å². The topological polar surface area (TPSA) is 67.9 Å². The number of benzene rings is 2. The SMILES string of the molecule is CC(C)(C)OC(=O)ON(C(=O)Nc1ccccc1)c1ccccc1. The van der Waals surface area contributed by atoms with Crippen molar-refractivity contribution >= 4 is 23.6 Å². The third-order valence-corrected chi connectivity index (χ3v) is 2.76. The fraction of sp³-hybridized carbons (Fsp3) is 0.222. The Morgan fingerprint density at radius 2 is 1.46 bits per heavy atom. The van der Waals surface area contributed by atoms with E-state index in [0.29, 0.717) is 11.4 Å². The molecule has 0 heterocycles. The third-order valence-electron chi connectivity index (χ3n) is 2.76. The molecule has 0 saturated heterocycles. The van der Waals surface area contributed by atoms with Crippen molar-refractivity contribution in [3.05, 3.63) is 60.7 Å². The van der Waals surface area contributed by atoms with Gasteiger partial charge in [-0.2, -0.15) is 0 Å². The van der Waals surface area contributed by atoms with Crippen LogP contribution in [-0.4, -0.2) is 17.8 Å². The zero-order valence-corrected chi connectivity index (χ0v) is 13.9. The first-order chi connectivity index (χ1) is 11.3. The molecule has 0 unspecified atom stereocenters. The lowest BCUT2D eigenvalue weighted by molar-refractivity contribution is -0.00808. The first-order valence-corrected chi connectivity index (χ1v) is 7.47. The predicted molar refractivity (Wildman–Crippen MR) is 91.7 cm³/mol. The lowest BCUT2D eigenvalue weighted by Gasteiger charge is -2.24. The number of carbonyl (C=O) groups is 2. The second-order valence-electron chi connectivity index (χ2n) is 5.98. The van der Waals surface area contributed by atoms with Gasteiger partial charge in [-0.1, -0.05) is 36.4 Å². The number of para-hydroxylation sites is 2. The lowest BCUT2D eigenvalue weighted by atomic mass is 10.2. The highest BCUT2D eigenvalue weighted by atomic mass is 16.8. The molecule has 2 amide bonds. The number of nitrogens with one attached hydrogen (secondary N) is 1. The maximum Gasteiger partial charge on any atom is 0.534 e. The molecule has 2 aromatic rings. The van der Waals surface area contributed by atoms with Gasteiger partial charge in [0.15, 0.2) is 0 Å². The van der Waals surface area contributed by atoms with Gasteiger partial charge in [0.1, 0.15) is 5.60 Å². The number of carbonyl (C=O) groups excluding carboxylic acids is 2. The van der Waals surface area contributed by atoms with Crippen molar-refractivity contribution in [2.24, 2.45) is 0 Å². The Morgan fingerprint density at radius 3 is 2.00 bits per heavy atom. The number of hydroxylamine groups is 1. The van der Waals surface area contributed by atoms with E-state index in [2.05, 4.69) is 5.32 Å². The van der Waals surface area contributed by atoms with E-state index < -0.39 is 17.8 Å². The highest BCUT2D eigenvalue weighted by molar-refractivity contribution is 6.01. The molecule has 1 N–H and O–H groups in total. The highest BCUT2D eigenvalue weighted by Crippen LogP contribution is 2.18. The Morgan fingerprint density at radius 1 is 0.917 bits per heavy atom. The largest absolute Gasteiger partial charge is 0.534 e. The van der Waals surface area contributed by atoms with Gasteiger partial charge in [-0.25, -0.2) is 9.59 Å². The van der Waals surface area contributed by atoms with E-state index in [0.717, 1.165) is 5.06 Å². The number of nitrogens with zero attached hydrogens (tertiary/aromatic N) is 1. The van der Waals surface area contributed by atoms with E-state index in [9.17, 15) is 9.59 Å². The van der Waals surface area contributed by atoms with E-state index in [1.807, 2.05) is 6.07 Å². The molecule has 126 valence electrons. The molecule has 6 nitrogen and oxygen atoms in total. The minimum absolute atomic E-state index is 0.400. The molecular formula is C18H20N2O4. The summed E-state index contributed by atoms with van der Waals surface area (Å²) < 4.78 is 5.11. The molecule has 0 aliphatic rings. The summed E-state index contributed by atoms with van der Waals surface area (Å²) in [6.07, 6.45) is -0.963. The van der Waals surface area contributed by atoms with E-state index in [-0.39, 0.29) is 0 Å². The zero-order chi connectivity index (χ0) is 17.6. The quantitative estimate of drug-likeness (QED) is 0.646. The van der Waals surface area contributed by atoms with Gasteiger partial charge in [-0.15, -0.1) is 5.06 Å². The summed E-state index contributed by atoms with van der Waals surface area (Å²) in [7, 11) is 0. The van der Waals surface area contributed by atoms with Gasteiger partial charge in [0.2, 0.25) is 0 Å². The predicted octanol–water partition coefficient (Wildman–Crippen LogP) is 4.59. The van der Waals surface area contributed by atoms with Gasteiger partial charge in [0.25, 0.3) is 0 Å². The summed E-state index contributed by atoms with van der Waals surface area (Å²) in [4.78, 5) is 29.5. The number of hydrogen-bond donors (Lipinski definition) is 1. The summed E-state index contributed by atoms with van der Waals surface area (Å²) in [5, 5.41) is 3.53. The molecule has 0 aliphatic carbocycles. The van der Waals surface area contributed by atoms with Crippen molar-refractivity contribution in [3.63, 3.8) is 0 Å². The summed E-state index contributed by atoms with van der Waals surface area (Å²) >= 11 is 0. The van der Waals surface area contributed by atoms with Crippen molar-refractivity contribution in [1.82, 2.24) is 0 Å². The Labute approximate surface area is 140 Å². The molecule has 0 saturated carbocycles. The number of rotatable bonds is 2. The molecule has 0 radical (unpaired) electrons. The Kier molecular flexibility index (Phi) is 5.42. The van der Waals surface area contributed by atoms with E-state index in [4.69, 9.17) is 9.57 Å². The van der Waals surface area contributed by atoms with Gasteiger partial charge in [-0.3, -0.25) is 4.84 Å². The molecular weight excluding hydrogens is 308 g/mol. The summed E-state index contributed by atoms with van der Waals surface area (Å²) in [5.41, 5.74) is 0.253. The van der Waals surface area contributed by atoms with Crippen LogP contribution in [-0.2, 0) is 9.57 Å². The average Bonchev–Trinajstić information content (AvgIpc) is 2.52. The van der Waals surface area contributed by atoms with Gasteiger partial charge < -0.3 is 10.1 Å². The van der Waals surface area contributed by atoms with Crippen molar-refractivity contribution in [2.45, 2.75) is 26.4 Å². The van der Waals surface area contributed by atoms with E-state index in [1.165, 1.54) is 0 Å². The lowest BCUT2D eigenvalue weighted by Crippen LogP contribution is -2.39. The smallest absolute Gasteiger partial charge is 0.427 e. The average molecular weight is 328 g/mol. The standard InChI is InChI=1S/C18H20N2O4/c1-18(2,3)23-17(22)24-20(15-12-8-5-9-13-15)16(21)19-14-10-6-4-7-11-14/h4-13H,1-3H3,(H,19,21). The molecule has 2 aromatic carbocycles. The van der Waals surface area contributed by atoms with Crippen molar-refractivity contribution in [3.8, 4) is 0 Å². The van der Waals surface area contributed by atoms with Crippen LogP contribution in [0.15, 0.2) is 60.7 Å². The van der Waals surface area contributed by atoms with Crippen LogP contribution in [0.1, 0.15) is 20.8 Å². The van der Waals surface area contributed by atoms with Crippen molar-refractivity contribution in [1.29, 1.82) is 0 Å². The van der Waals surface area contributed by atoms with Crippen LogP contribution in [0.3, 0.4) is 0 Å². The van der Waals surface area contributed by atoms with Crippen LogP contribution in [0.4, 0.5) is 21.0 Å². The van der Waals surface area contributed by atoms with Crippen LogP contribution in [0.5, 0.6) is 0 Å². The molecule has 2 rings (SSSR count). The maximum atomic E-state index is 12.5. The first kappa shape index (κ1) is 17.3. The Bertz CT molecular complexity index is 681. The monoisotopic (exact) mass is 328 g/mol. The second-order valence-corrected chi connectivity index (χ2v) is 5.98. The van der Waals surface area contributed by atoms with Crippen LogP contribution in [0.25, 0.3) is 0 Å². The molecule has 0 aliphatic heterocycles. The Hall–Kier alpha value is -3.02. The molecule has 0 bridgehead atoms. The van der Waals surface area contributed by atoms with Gasteiger partial charge in [-0.05, 0) is 45.0 Å². The van der Waals surface area contributed by atoms with Crippen molar-refractivity contribution < 1.29 is 19.2 Å². The fourth-order valence-corrected chi connectivity index (χ4v) is 1.81. The van der Waals surface area contributed by atoms with Gasteiger partial charge in [0, 0.05) is 5.69 Å². The summed E-state index contributed by atoms with van der Waals surface area (Å²) in [5.74, 6) is 0. The summed E-state index contributed by atoms with van der Waals surface area (Å²) in [6, 6.07) is 16.8. The van der Waals surface area contributed by atoms with Gasteiger partial charge in [0.05, 0.1) is 5.69 Å². The number of ether oxygens (including phenoxy) is 1. The molecule has 0 aromatic heterocycles. The number of urea groups is 1. The van der Waals surface area contributed by atoms with Crippen molar-refractivity contribution in [2.75, 3.05) is 10.4 Å². The minimum Gasteiger partial charge on any atom is -0.427 e. The molecule has 6 heteroatoms. The maximum absolute atomic E-state index is 12.5. The normalized spacial score (nSPS) is 10.6. The fourth-order valence-electron chi connectivity index (χ4n) is 1.81. The number of amides is 2. The molecule has 24 heavy (non-hydrogen) atoms. The Balaban J connectivity index is 2.17. The third kappa shape index (κ3) is 5.31. The second kappa shape index (κ2) is 7.50. The van der Waals surface area contributed by atoms with Crippen LogP contribution in [0, 0.1) is 0 Å². The van der Waals surface area contributed by atoms with Gasteiger partial charge >= 0.3 is 12.2 Å². The highest BCUT2D eigenvalue weighted by Gasteiger charge is 2.25. The number of hydrogen-bond acceptors (Lipinski definition) is 4. The van der Waals surface area contributed by atoms with E-state index in [1.54, 1.807) is 75.4 Å².